The van der Waals surface area contributed by atoms with Crippen LogP contribution in [-0.2, 0) is 4.79 Å². The lowest BCUT2D eigenvalue weighted by atomic mass is 9.94. The highest BCUT2D eigenvalue weighted by Crippen LogP contribution is 2.32. The molecule has 21 heavy (non-hydrogen) atoms. The monoisotopic (exact) mass is 290 g/mol. The quantitative estimate of drug-likeness (QED) is 0.781. The molecule has 0 N–H and O–H groups in total. The fraction of sp³-hybridized carbons (Fsp3) is 0.588. The Kier molecular flexibility index (Phi) is 5.23. The predicted octanol–water partition coefficient (Wildman–Crippen LogP) is 2.54. The fourth-order valence-electron chi connectivity index (χ4n) is 3.23. The summed E-state index contributed by atoms with van der Waals surface area (Å²) in [7, 11) is 1.72. The number of methoxy groups -OCH3 is 1. The molecule has 1 amide bonds. The summed E-state index contributed by atoms with van der Waals surface area (Å²) >= 11 is 0. The van der Waals surface area contributed by atoms with Gasteiger partial charge in [0.05, 0.1) is 7.11 Å². The van der Waals surface area contributed by atoms with E-state index in [1.54, 1.807) is 7.11 Å². The summed E-state index contributed by atoms with van der Waals surface area (Å²) in [5.74, 6) is 0.955. The smallest absolute Gasteiger partial charge is 0.209 e. The lowest BCUT2D eigenvalue weighted by Gasteiger charge is -2.38. The van der Waals surface area contributed by atoms with E-state index >= 15 is 0 Å². The zero-order valence-electron chi connectivity index (χ0n) is 13.6. The molecule has 4 heteroatoms. The highest BCUT2D eigenvalue weighted by molar-refractivity contribution is 5.47. The second-order valence-corrected chi connectivity index (χ2v) is 5.71. The maximum absolute atomic E-state index is 10.8. The van der Waals surface area contributed by atoms with Crippen molar-refractivity contribution in [2.75, 3.05) is 33.3 Å². The van der Waals surface area contributed by atoms with Crippen molar-refractivity contribution in [2.45, 2.75) is 33.2 Å². The van der Waals surface area contributed by atoms with Crippen molar-refractivity contribution in [3.05, 3.63) is 28.8 Å². The Morgan fingerprint density at radius 1 is 1.19 bits per heavy atom. The molecule has 1 atom stereocenters. The first-order valence-electron chi connectivity index (χ1n) is 7.69. The van der Waals surface area contributed by atoms with Crippen LogP contribution in [0.5, 0.6) is 5.75 Å². The molecule has 1 saturated heterocycles. The van der Waals surface area contributed by atoms with Gasteiger partial charge in [0.15, 0.2) is 0 Å². The van der Waals surface area contributed by atoms with Crippen LogP contribution in [0.15, 0.2) is 12.1 Å². The van der Waals surface area contributed by atoms with Gasteiger partial charge >= 0.3 is 0 Å². The molecule has 0 bridgehead atoms. The molecule has 0 radical (unpaired) electrons. The molecule has 1 aliphatic heterocycles. The van der Waals surface area contributed by atoms with Crippen LogP contribution in [0.2, 0.25) is 0 Å². The molecule has 0 saturated carbocycles. The first-order valence-corrected chi connectivity index (χ1v) is 7.69. The second-order valence-electron chi connectivity index (χ2n) is 5.71. The normalized spacial score (nSPS) is 17.6. The van der Waals surface area contributed by atoms with Crippen LogP contribution in [0.3, 0.4) is 0 Å². The minimum Gasteiger partial charge on any atom is -0.496 e. The van der Waals surface area contributed by atoms with Crippen LogP contribution >= 0.6 is 0 Å². The number of ether oxygens (including phenoxy) is 1. The number of hydrogen-bond acceptors (Lipinski definition) is 3. The molecule has 116 valence electrons. The average Bonchev–Trinajstić information content (AvgIpc) is 2.53. The van der Waals surface area contributed by atoms with E-state index in [0.717, 1.165) is 44.8 Å². The van der Waals surface area contributed by atoms with E-state index in [1.165, 1.54) is 16.7 Å². The van der Waals surface area contributed by atoms with E-state index in [9.17, 15) is 4.79 Å². The molecule has 1 aromatic rings. The fourth-order valence-corrected chi connectivity index (χ4v) is 3.23. The lowest BCUT2D eigenvalue weighted by Crippen LogP contribution is -2.47. The Morgan fingerprint density at radius 3 is 2.38 bits per heavy atom. The molecule has 0 aliphatic carbocycles. The van der Waals surface area contributed by atoms with Crippen LogP contribution in [0.4, 0.5) is 0 Å². The lowest BCUT2D eigenvalue weighted by molar-refractivity contribution is -0.120. The summed E-state index contributed by atoms with van der Waals surface area (Å²) in [6, 6.07) is 4.69. The topological polar surface area (TPSA) is 32.8 Å². The summed E-state index contributed by atoms with van der Waals surface area (Å²) in [4.78, 5) is 15.2. The van der Waals surface area contributed by atoms with Crippen LogP contribution in [0.1, 0.15) is 36.1 Å². The maximum atomic E-state index is 10.8. The van der Waals surface area contributed by atoms with Crippen molar-refractivity contribution in [3.8, 4) is 5.75 Å². The molecule has 1 unspecified atom stereocenters. The van der Waals surface area contributed by atoms with Crippen molar-refractivity contribution in [1.29, 1.82) is 0 Å². The van der Waals surface area contributed by atoms with Crippen molar-refractivity contribution >= 4 is 6.41 Å². The van der Waals surface area contributed by atoms with Gasteiger partial charge in [-0.3, -0.25) is 9.69 Å². The van der Waals surface area contributed by atoms with Crippen molar-refractivity contribution < 1.29 is 9.53 Å². The number of benzene rings is 1. The molecule has 1 fully saturated rings. The molecule has 1 aliphatic rings. The van der Waals surface area contributed by atoms with E-state index in [0.29, 0.717) is 6.04 Å². The van der Waals surface area contributed by atoms with Gasteiger partial charge in [0.1, 0.15) is 5.75 Å². The number of piperazine rings is 1. The van der Waals surface area contributed by atoms with Gasteiger partial charge in [-0.1, -0.05) is 13.0 Å². The predicted molar refractivity (Wildman–Crippen MR) is 84.7 cm³/mol. The number of hydrogen-bond donors (Lipinski definition) is 0. The third-order valence-corrected chi connectivity index (χ3v) is 4.68. The number of amides is 1. The highest BCUT2D eigenvalue weighted by atomic mass is 16.5. The van der Waals surface area contributed by atoms with Gasteiger partial charge in [-0.15, -0.1) is 0 Å². The van der Waals surface area contributed by atoms with E-state index < -0.39 is 0 Å². The van der Waals surface area contributed by atoms with Crippen LogP contribution in [0.25, 0.3) is 0 Å². The maximum Gasteiger partial charge on any atom is 0.209 e. The molecule has 1 heterocycles. The molecular weight excluding hydrogens is 264 g/mol. The molecule has 0 aromatic heterocycles. The van der Waals surface area contributed by atoms with Gasteiger partial charge in [-0.25, -0.2) is 0 Å². The van der Waals surface area contributed by atoms with E-state index in [2.05, 4.69) is 37.8 Å². The van der Waals surface area contributed by atoms with Gasteiger partial charge in [-0.2, -0.15) is 0 Å². The van der Waals surface area contributed by atoms with Gasteiger partial charge in [0, 0.05) is 32.2 Å². The molecule has 4 nitrogen and oxygen atoms in total. The van der Waals surface area contributed by atoms with E-state index in [-0.39, 0.29) is 0 Å². The Labute approximate surface area is 127 Å². The Balaban J connectivity index is 2.22. The average molecular weight is 290 g/mol. The van der Waals surface area contributed by atoms with Crippen molar-refractivity contribution in [2.24, 2.45) is 0 Å². The molecule has 1 aromatic carbocycles. The van der Waals surface area contributed by atoms with Gasteiger partial charge in [-0.05, 0) is 43.0 Å². The first-order chi connectivity index (χ1) is 10.1. The summed E-state index contributed by atoms with van der Waals surface area (Å²) in [6.07, 6.45) is 2.04. The Morgan fingerprint density at radius 2 is 1.86 bits per heavy atom. The zero-order chi connectivity index (χ0) is 15.4. The summed E-state index contributed by atoms with van der Waals surface area (Å²) in [6.45, 7) is 10.1. The first kappa shape index (κ1) is 15.8. The second kappa shape index (κ2) is 6.94. The summed E-state index contributed by atoms with van der Waals surface area (Å²) in [5.41, 5.74) is 3.93. The standard InChI is InChI=1S/C17H26N2O2/c1-5-16(19-10-8-18(12-20)9-11-19)15-6-7-17(21-4)14(3)13(15)2/h6-7,12,16H,5,8-11H2,1-4H3. The summed E-state index contributed by atoms with van der Waals surface area (Å²) < 4.78 is 5.41. The minimum atomic E-state index is 0.420. The Hall–Kier alpha value is -1.55. The molecule has 2 rings (SSSR count). The van der Waals surface area contributed by atoms with E-state index in [4.69, 9.17) is 4.74 Å². The zero-order valence-corrected chi connectivity index (χ0v) is 13.6. The number of nitrogens with zero attached hydrogens (tertiary/aromatic N) is 2. The van der Waals surface area contributed by atoms with Crippen molar-refractivity contribution in [1.82, 2.24) is 9.80 Å². The highest BCUT2D eigenvalue weighted by Gasteiger charge is 2.25. The third kappa shape index (κ3) is 3.21. The van der Waals surface area contributed by atoms with E-state index in [1.807, 2.05) is 4.90 Å². The largest absolute Gasteiger partial charge is 0.496 e. The van der Waals surface area contributed by atoms with Gasteiger partial charge in [0.25, 0.3) is 0 Å². The molecule has 0 spiro atoms. The van der Waals surface area contributed by atoms with Crippen LogP contribution < -0.4 is 4.74 Å². The number of carbonyl (C=O) groups is 1. The minimum absolute atomic E-state index is 0.420. The van der Waals surface area contributed by atoms with Crippen LogP contribution in [-0.4, -0.2) is 49.5 Å². The number of rotatable bonds is 5. The molecular formula is C17H26N2O2. The third-order valence-electron chi connectivity index (χ3n) is 4.68. The SMILES string of the molecule is CCC(c1ccc(OC)c(C)c1C)N1CCN(C=O)CC1. The van der Waals surface area contributed by atoms with Gasteiger partial charge < -0.3 is 9.64 Å². The van der Waals surface area contributed by atoms with Crippen molar-refractivity contribution in [3.63, 3.8) is 0 Å². The number of carbonyl (C=O) groups excluding carboxylic acids is 1. The Bertz CT molecular complexity index is 494. The summed E-state index contributed by atoms with van der Waals surface area (Å²) in [5, 5.41) is 0. The van der Waals surface area contributed by atoms with Gasteiger partial charge in [0.2, 0.25) is 6.41 Å². The van der Waals surface area contributed by atoms with Crippen LogP contribution in [0, 0.1) is 13.8 Å².